The molecule has 1 aromatic rings. The van der Waals surface area contributed by atoms with Crippen LogP contribution in [-0.2, 0) is 11.3 Å². The Hall–Kier alpha value is -1.42. The zero-order chi connectivity index (χ0) is 12.1. The van der Waals surface area contributed by atoms with Gasteiger partial charge in [0.25, 0.3) is 0 Å². The molecule has 0 bridgehead atoms. The van der Waals surface area contributed by atoms with E-state index in [9.17, 15) is 4.79 Å². The fourth-order valence-electron chi connectivity index (χ4n) is 1.48. The molecule has 0 fully saturated rings. The van der Waals surface area contributed by atoms with Crippen LogP contribution in [0.5, 0.6) is 0 Å². The van der Waals surface area contributed by atoms with Crippen molar-refractivity contribution < 1.29 is 9.90 Å². The van der Waals surface area contributed by atoms with E-state index in [2.05, 4.69) is 4.98 Å². The lowest BCUT2D eigenvalue weighted by molar-refractivity contribution is -0.138. The van der Waals surface area contributed by atoms with Gasteiger partial charge in [-0.05, 0) is 38.0 Å². The third kappa shape index (κ3) is 3.62. The van der Waals surface area contributed by atoms with Crippen molar-refractivity contribution in [2.45, 2.75) is 33.4 Å². The minimum atomic E-state index is -0.796. The third-order valence-electron chi connectivity index (χ3n) is 2.59. The maximum atomic E-state index is 10.7. The number of nitrogens with zero attached hydrogens (tertiary/aromatic N) is 2. The van der Waals surface area contributed by atoms with Crippen LogP contribution in [0.15, 0.2) is 18.5 Å². The molecule has 0 atom stereocenters. The highest BCUT2D eigenvalue weighted by molar-refractivity contribution is 5.69. The molecular weight excluding hydrogens is 204 g/mol. The van der Waals surface area contributed by atoms with Gasteiger partial charge < -0.3 is 5.11 Å². The predicted molar refractivity (Wildman–Crippen MR) is 62.2 cm³/mol. The molecule has 1 heterocycles. The van der Waals surface area contributed by atoms with Crippen molar-refractivity contribution in [1.82, 2.24) is 9.88 Å². The van der Waals surface area contributed by atoms with Gasteiger partial charge in [0, 0.05) is 25.0 Å². The van der Waals surface area contributed by atoms with Crippen LogP contribution in [0, 0.1) is 6.92 Å². The molecule has 4 heteroatoms. The fraction of sp³-hybridized carbons (Fsp3) is 0.500. The number of carbonyl (C=O) groups is 1. The van der Waals surface area contributed by atoms with Crippen molar-refractivity contribution in [2.24, 2.45) is 0 Å². The molecule has 0 aromatic carbocycles. The predicted octanol–water partition coefficient (Wildman–Crippen LogP) is 1.69. The fourth-order valence-corrected chi connectivity index (χ4v) is 1.48. The number of hydrogen-bond acceptors (Lipinski definition) is 3. The summed E-state index contributed by atoms with van der Waals surface area (Å²) in [6.45, 7) is 6.69. The second kappa shape index (κ2) is 5.61. The van der Waals surface area contributed by atoms with Crippen molar-refractivity contribution in [1.29, 1.82) is 0 Å². The van der Waals surface area contributed by atoms with E-state index in [1.54, 1.807) is 12.4 Å². The number of carboxylic acid groups (broad SMARTS) is 1. The standard InChI is InChI=1S/C12H18N2O2/c1-9(2)14(8-12(15)16)7-11-6-13-5-4-10(11)3/h4-6,9H,7-8H2,1-3H3,(H,15,16). The summed E-state index contributed by atoms with van der Waals surface area (Å²) in [7, 11) is 0. The Balaban J connectivity index is 2.76. The van der Waals surface area contributed by atoms with Crippen LogP contribution in [0.1, 0.15) is 25.0 Å². The smallest absolute Gasteiger partial charge is 0.317 e. The topological polar surface area (TPSA) is 53.4 Å². The Morgan fingerprint density at radius 2 is 2.25 bits per heavy atom. The Morgan fingerprint density at radius 3 is 2.75 bits per heavy atom. The van der Waals surface area contributed by atoms with Crippen LogP contribution in [0.25, 0.3) is 0 Å². The van der Waals surface area contributed by atoms with Crippen LogP contribution >= 0.6 is 0 Å². The molecule has 0 unspecified atom stereocenters. The highest BCUT2D eigenvalue weighted by atomic mass is 16.4. The highest BCUT2D eigenvalue weighted by Gasteiger charge is 2.14. The van der Waals surface area contributed by atoms with Gasteiger partial charge in [-0.3, -0.25) is 14.7 Å². The monoisotopic (exact) mass is 222 g/mol. The van der Waals surface area contributed by atoms with Gasteiger partial charge in [-0.2, -0.15) is 0 Å². The Labute approximate surface area is 95.9 Å². The van der Waals surface area contributed by atoms with Crippen molar-refractivity contribution in [3.8, 4) is 0 Å². The van der Waals surface area contributed by atoms with Gasteiger partial charge in [0.1, 0.15) is 0 Å². The lowest BCUT2D eigenvalue weighted by Crippen LogP contribution is -2.35. The summed E-state index contributed by atoms with van der Waals surface area (Å²) in [6, 6.07) is 2.14. The average Bonchev–Trinajstić information content (AvgIpc) is 2.19. The quantitative estimate of drug-likeness (QED) is 0.823. The normalized spacial score (nSPS) is 11.1. The molecule has 4 nitrogen and oxygen atoms in total. The van der Waals surface area contributed by atoms with Crippen molar-refractivity contribution in [2.75, 3.05) is 6.54 Å². The Bertz CT molecular complexity index is 364. The molecule has 0 saturated carbocycles. The number of aromatic nitrogens is 1. The first-order chi connectivity index (χ1) is 7.50. The summed E-state index contributed by atoms with van der Waals surface area (Å²) in [6.07, 6.45) is 3.54. The van der Waals surface area contributed by atoms with Crippen LogP contribution in [0.3, 0.4) is 0 Å². The molecule has 1 N–H and O–H groups in total. The molecule has 1 rings (SSSR count). The van der Waals surface area contributed by atoms with Crippen molar-refractivity contribution in [3.05, 3.63) is 29.6 Å². The minimum Gasteiger partial charge on any atom is -0.480 e. The largest absolute Gasteiger partial charge is 0.480 e. The van der Waals surface area contributed by atoms with E-state index < -0.39 is 5.97 Å². The lowest BCUT2D eigenvalue weighted by atomic mass is 10.1. The van der Waals surface area contributed by atoms with Gasteiger partial charge in [-0.15, -0.1) is 0 Å². The van der Waals surface area contributed by atoms with E-state index in [0.717, 1.165) is 11.1 Å². The van der Waals surface area contributed by atoms with Gasteiger partial charge in [-0.25, -0.2) is 0 Å². The molecule has 1 aromatic heterocycles. The molecule has 0 amide bonds. The first kappa shape index (κ1) is 12.6. The number of aliphatic carboxylic acids is 1. The molecule has 0 saturated heterocycles. The maximum Gasteiger partial charge on any atom is 0.317 e. The molecule has 88 valence electrons. The second-order valence-electron chi connectivity index (χ2n) is 4.19. The van der Waals surface area contributed by atoms with Crippen LogP contribution in [-0.4, -0.2) is 33.5 Å². The van der Waals surface area contributed by atoms with Gasteiger partial charge in [0.2, 0.25) is 0 Å². The molecule has 16 heavy (non-hydrogen) atoms. The summed E-state index contributed by atoms with van der Waals surface area (Å²) in [5.41, 5.74) is 2.23. The maximum absolute atomic E-state index is 10.7. The van der Waals surface area contributed by atoms with E-state index in [0.29, 0.717) is 6.54 Å². The first-order valence-electron chi connectivity index (χ1n) is 5.36. The number of aryl methyl sites for hydroxylation is 1. The van der Waals surface area contributed by atoms with Crippen LogP contribution in [0.2, 0.25) is 0 Å². The second-order valence-corrected chi connectivity index (χ2v) is 4.19. The summed E-state index contributed by atoms with van der Waals surface area (Å²) < 4.78 is 0. The number of carboxylic acids is 1. The molecule has 0 spiro atoms. The lowest BCUT2D eigenvalue weighted by Gasteiger charge is -2.25. The number of hydrogen-bond donors (Lipinski definition) is 1. The first-order valence-corrected chi connectivity index (χ1v) is 5.36. The molecule has 0 aliphatic carbocycles. The van der Waals surface area contributed by atoms with Gasteiger partial charge in [0.15, 0.2) is 0 Å². The highest BCUT2D eigenvalue weighted by Crippen LogP contribution is 2.11. The summed E-state index contributed by atoms with van der Waals surface area (Å²) in [5.74, 6) is -0.796. The zero-order valence-electron chi connectivity index (χ0n) is 9.97. The SMILES string of the molecule is Cc1ccncc1CN(CC(=O)O)C(C)C. The van der Waals surface area contributed by atoms with Crippen LogP contribution in [0.4, 0.5) is 0 Å². The molecule has 0 aliphatic heterocycles. The van der Waals surface area contributed by atoms with Crippen molar-refractivity contribution in [3.63, 3.8) is 0 Å². The zero-order valence-corrected chi connectivity index (χ0v) is 9.97. The van der Waals surface area contributed by atoms with Gasteiger partial charge >= 0.3 is 5.97 Å². The van der Waals surface area contributed by atoms with Gasteiger partial charge in [0.05, 0.1) is 6.54 Å². The summed E-state index contributed by atoms with van der Waals surface area (Å²) in [5, 5.41) is 8.82. The Morgan fingerprint density at radius 1 is 1.56 bits per heavy atom. The summed E-state index contributed by atoms with van der Waals surface area (Å²) >= 11 is 0. The average molecular weight is 222 g/mol. The van der Waals surface area contributed by atoms with Crippen LogP contribution < -0.4 is 0 Å². The molecule has 0 aliphatic rings. The van der Waals surface area contributed by atoms with Crippen molar-refractivity contribution >= 4 is 5.97 Å². The Kier molecular flexibility index (Phi) is 4.43. The number of pyridine rings is 1. The van der Waals surface area contributed by atoms with E-state index in [1.807, 2.05) is 31.7 Å². The minimum absolute atomic E-state index is 0.0615. The third-order valence-corrected chi connectivity index (χ3v) is 2.59. The van der Waals surface area contributed by atoms with E-state index in [4.69, 9.17) is 5.11 Å². The summed E-state index contributed by atoms with van der Waals surface area (Å²) in [4.78, 5) is 16.7. The van der Waals surface area contributed by atoms with E-state index in [1.165, 1.54) is 0 Å². The molecular formula is C12H18N2O2. The van der Waals surface area contributed by atoms with Gasteiger partial charge in [-0.1, -0.05) is 0 Å². The molecule has 0 radical (unpaired) electrons. The van der Waals surface area contributed by atoms with E-state index in [-0.39, 0.29) is 12.6 Å². The number of rotatable bonds is 5. The van der Waals surface area contributed by atoms with E-state index >= 15 is 0 Å².